The van der Waals surface area contributed by atoms with Crippen molar-refractivity contribution in [1.82, 2.24) is 24.8 Å². The van der Waals surface area contributed by atoms with Crippen molar-refractivity contribution in [2.45, 2.75) is 13.3 Å². The van der Waals surface area contributed by atoms with E-state index in [9.17, 15) is 4.79 Å². The van der Waals surface area contributed by atoms with E-state index in [2.05, 4.69) is 20.3 Å². The summed E-state index contributed by atoms with van der Waals surface area (Å²) < 4.78 is 1.67. The number of hydrogen-bond acceptors (Lipinski definition) is 4. The fraction of sp³-hybridized carbons (Fsp3) is 0.200. The second-order valence-corrected chi connectivity index (χ2v) is 5.17. The monoisotopic (exact) mass is 315 g/mol. The van der Waals surface area contributed by atoms with E-state index in [0.29, 0.717) is 28.4 Å². The normalized spacial score (nSPS) is 10.8. The van der Waals surface area contributed by atoms with E-state index in [-0.39, 0.29) is 11.7 Å². The third-order valence-electron chi connectivity index (χ3n) is 3.10. The van der Waals surface area contributed by atoms with E-state index in [4.69, 9.17) is 11.6 Å². The molecule has 0 aliphatic heterocycles. The molecular weight excluding hydrogens is 302 g/mol. The number of pyridine rings is 2. The molecule has 0 radical (unpaired) electrons. The van der Waals surface area contributed by atoms with Crippen LogP contribution in [0.25, 0.3) is 16.9 Å². The maximum absolute atomic E-state index is 12.4. The number of hydrogen-bond donors (Lipinski definition) is 1. The number of aromatic nitrogens is 4. The highest BCUT2D eigenvalue weighted by Gasteiger charge is 2.19. The molecule has 22 heavy (non-hydrogen) atoms. The fourth-order valence-corrected chi connectivity index (χ4v) is 2.32. The summed E-state index contributed by atoms with van der Waals surface area (Å²) in [6, 6.07) is 5.32. The lowest BCUT2D eigenvalue weighted by Crippen LogP contribution is -2.27. The molecule has 3 heterocycles. The van der Waals surface area contributed by atoms with Gasteiger partial charge in [-0.25, -0.2) is 9.97 Å². The first-order valence-electron chi connectivity index (χ1n) is 6.93. The maximum Gasteiger partial charge on any atom is 0.287 e. The van der Waals surface area contributed by atoms with E-state index < -0.39 is 0 Å². The van der Waals surface area contributed by atoms with Gasteiger partial charge in [-0.1, -0.05) is 18.5 Å². The Hall–Kier alpha value is -2.47. The molecular formula is C15H14ClN5O. The summed E-state index contributed by atoms with van der Waals surface area (Å²) in [6.45, 7) is 2.58. The summed E-state index contributed by atoms with van der Waals surface area (Å²) in [4.78, 5) is 25.2. The number of imidazole rings is 1. The van der Waals surface area contributed by atoms with Crippen molar-refractivity contribution in [1.29, 1.82) is 0 Å². The van der Waals surface area contributed by atoms with Crippen LogP contribution in [0.3, 0.4) is 0 Å². The third kappa shape index (κ3) is 2.65. The van der Waals surface area contributed by atoms with Gasteiger partial charge in [0.05, 0.1) is 16.9 Å². The average molecular weight is 316 g/mol. The molecule has 0 aromatic carbocycles. The molecule has 6 nitrogen and oxygen atoms in total. The summed E-state index contributed by atoms with van der Waals surface area (Å²) in [5.74, 6) is 0.0195. The van der Waals surface area contributed by atoms with Gasteiger partial charge in [0.25, 0.3) is 5.91 Å². The highest BCUT2D eigenvalue weighted by molar-refractivity contribution is 6.30. The minimum atomic E-state index is -0.250. The van der Waals surface area contributed by atoms with Crippen molar-refractivity contribution in [3.05, 3.63) is 47.6 Å². The van der Waals surface area contributed by atoms with Crippen LogP contribution in [0, 0.1) is 0 Å². The predicted octanol–water partition coefficient (Wildman–Crippen LogP) is 2.61. The molecule has 3 aromatic heterocycles. The summed E-state index contributed by atoms with van der Waals surface area (Å²) >= 11 is 6.01. The van der Waals surface area contributed by atoms with Crippen molar-refractivity contribution in [2.75, 3.05) is 6.54 Å². The molecule has 0 spiro atoms. The van der Waals surface area contributed by atoms with Crippen LogP contribution in [0.4, 0.5) is 0 Å². The summed E-state index contributed by atoms with van der Waals surface area (Å²) in [6.07, 6.45) is 5.67. The minimum absolute atomic E-state index is 0.250. The summed E-state index contributed by atoms with van der Waals surface area (Å²) in [5, 5.41) is 3.31. The molecule has 0 aliphatic carbocycles. The molecule has 0 saturated carbocycles. The Bertz CT molecular complexity index is 830. The Labute approximate surface area is 132 Å². The second kappa shape index (κ2) is 6.11. The molecule has 1 N–H and O–H groups in total. The van der Waals surface area contributed by atoms with Gasteiger partial charge in [0.15, 0.2) is 5.65 Å². The number of fused-ring (bicyclic) bond motifs is 1. The lowest BCUT2D eigenvalue weighted by Gasteiger charge is -2.08. The molecule has 112 valence electrons. The Balaban J connectivity index is 2.19. The molecule has 7 heteroatoms. The zero-order valence-electron chi connectivity index (χ0n) is 12.0. The Morgan fingerprint density at radius 2 is 2.27 bits per heavy atom. The van der Waals surface area contributed by atoms with E-state index in [1.54, 1.807) is 29.1 Å². The molecule has 0 unspecified atom stereocenters. The summed E-state index contributed by atoms with van der Waals surface area (Å²) in [7, 11) is 0. The number of nitrogens with zero attached hydrogens (tertiary/aromatic N) is 4. The maximum atomic E-state index is 12.4. The van der Waals surface area contributed by atoms with E-state index >= 15 is 0 Å². The van der Waals surface area contributed by atoms with Crippen molar-refractivity contribution in [3.8, 4) is 5.69 Å². The van der Waals surface area contributed by atoms with Crippen LogP contribution in [0.2, 0.25) is 5.02 Å². The van der Waals surface area contributed by atoms with Crippen LogP contribution in [-0.4, -0.2) is 32.0 Å². The first-order chi connectivity index (χ1) is 10.7. The zero-order chi connectivity index (χ0) is 15.5. The van der Waals surface area contributed by atoms with E-state index in [0.717, 1.165) is 6.42 Å². The lowest BCUT2D eigenvalue weighted by molar-refractivity contribution is 0.0942. The molecule has 3 aromatic rings. The number of halogens is 1. The Kier molecular flexibility index (Phi) is 4.02. The van der Waals surface area contributed by atoms with Crippen molar-refractivity contribution in [3.63, 3.8) is 0 Å². The van der Waals surface area contributed by atoms with Crippen LogP contribution >= 0.6 is 11.6 Å². The number of rotatable bonds is 4. The fourth-order valence-electron chi connectivity index (χ4n) is 2.15. The first kappa shape index (κ1) is 14.5. The van der Waals surface area contributed by atoms with Crippen molar-refractivity contribution >= 4 is 28.7 Å². The van der Waals surface area contributed by atoms with Gasteiger partial charge < -0.3 is 5.32 Å². The number of nitrogens with one attached hydrogen (secondary N) is 1. The van der Waals surface area contributed by atoms with E-state index in [1.165, 1.54) is 6.20 Å². The smallest absolute Gasteiger partial charge is 0.287 e. The van der Waals surface area contributed by atoms with Crippen molar-refractivity contribution in [2.24, 2.45) is 0 Å². The Morgan fingerprint density at radius 1 is 1.41 bits per heavy atom. The van der Waals surface area contributed by atoms with Gasteiger partial charge in [0.2, 0.25) is 5.82 Å². The largest absolute Gasteiger partial charge is 0.349 e. The average Bonchev–Trinajstić information content (AvgIpc) is 2.92. The number of amides is 1. The van der Waals surface area contributed by atoms with Gasteiger partial charge in [-0.3, -0.25) is 14.3 Å². The van der Waals surface area contributed by atoms with Gasteiger partial charge in [0, 0.05) is 18.9 Å². The number of carbonyl (C=O) groups excluding carboxylic acids is 1. The Morgan fingerprint density at radius 3 is 3.05 bits per heavy atom. The number of carbonyl (C=O) groups is 1. The molecule has 0 aliphatic rings. The van der Waals surface area contributed by atoms with Crippen LogP contribution in [-0.2, 0) is 0 Å². The molecule has 1 amide bonds. The van der Waals surface area contributed by atoms with Crippen molar-refractivity contribution < 1.29 is 4.79 Å². The van der Waals surface area contributed by atoms with Crippen LogP contribution in [0.1, 0.15) is 24.0 Å². The van der Waals surface area contributed by atoms with Gasteiger partial charge in [-0.15, -0.1) is 0 Å². The molecule has 0 atom stereocenters. The predicted molar refractivity (Wildman–Crippen MR) is 84.3 cm³/mol. The SMILES string of the molecule is CCCNC(=O)c1nc2cccnc2n1-c1cncc(Cl)c1. The lowest BCUT2D eigenvalue weighted by atomic mass is 10.4. The molecule has 0 saturated heterocycles. The minimum Gasteiger partial charge on any atom is -0.349 e. The van der Waals surface area contributed by atoms with Gasteiger partial charge in [-0.2, -0.15) is 0 Å². The summed E-state index contributed by atoms with van der Waals surface area (Å²) in [5.41, 5.74) is 1.88. The highest BCUT2D eigenvalue weighted by atomic mass is 35.5. The van der Waals surface area contributed by atoms with Crippen LogP contribution in [0.5, 0.6) is 0 Å². The highest BCUT2D eigenvalue weighted by Crippen LogP contribution is 2.21. The quantitative estimate of drug-likeness (QED) is 0.803. The molecule has 0 fully saturated rings. The van der Waals surface area contributed by atoms with Gasteiger partial charge in [-0.05, 0) is 24.6 Å². The second-order valence-electron chi connectivity index (χ2n) is 4.73. The van der Waals surface area contributed by atoms with E-state index in [1.807, 2.05) is 13.0 Å². The van der Waals surface area contributed by atoms with Gasteiger partial charge in [0.1, 0.15) is 5.52 Å². The standard InChI is InChI=1S/C15H14ClN5O/c1-2-5-19-15(22)14-20-12-4-3-6-18-13(12)21(14)11-7-10(16)8-17-9-11/h3-4,6-9H,2,5H2,1H3,(H,19,22). The first-order valence-corrected chi connectivity index (χ1v) is 7.31. The topological polar surface area (TPSA) is 72.7 Å². The van der Waals surface area contributed by atoms with Crippen LogP contribution < -0.4 is 5.32 Å². The van der Waals surface area contributed by atoms with Gasteiger partial charge >= 0.3 is 0 Å². The van der Waals surface area contributed by atoms with Crippen LogP contribution in [0.15, 0.2) is 36.8 Å². The molecule has 3 rings (SSSR count). The third-order valence-corrected chi connectivity index (χ3v) is 3.31. The zero-order valence-corrected chi connectivity index (χ0v) is 12.7. The molecule has 0 bridgehead atoms.